The quantitative estimate of drug-likeness (QED) is 0.593. The van der Waals surface area contributed by atoms with E-state index < -0.39 is 10.0 Å². The third-order valence-electron chi connectivity index (χ3n) is 4.57. The predicted octanol–water partition coefficient (Wildman–Crippen LogP) is 4.64. The van der Waals surface area contributed by atoms with Crippen LogP contribution in [0.5, 0.6) is 5.75 Å². The van der Waals surface area contributed by atoms with Crippen LogP contribution in [0.2, 0.25) is 0 Å². The molecule has 0 aliphatic carbocycles. The molecule has 0 unspecified atom stereocenters. The summed E-state index contributed by atoms with van der Waals surface area (Å²) in [6.45, 7) is 6.41. The summed E-state index contributed by atoms with van der Waals surface area (Å²) in [6.07, 6.45) is 0.526. The van der Waals surface area contributed by atoms with Crippen molar-refractivity contribution in [3.05, 3.63) is 64.5 Å². The molecule has 0 aliphatic rings. The zero-order valence-corrected chi connectivity index (χ0v) is 18.7. The fourth-order valence-corrected chi connectivity index (χ4v) is 4.92. The molecule has 0 saturated carbocycles. The third kappa shape index (κ3) is 5.23. The number of methoxy groups -OCH3 is 1. The van der Waals surface area contributed by atoms with Gasteiger partial charge in [-0.15, -0.1) is 11.3 Å². The van der Waals surface area contributed by atoms with E-state index in [1.54, 1.807) is 12.1 Å². The van der Waals surface area contributed by atoms with Gasteiger partial charge >= 0.3 is 0 Å². The number of benzene rings is 2. The van der Waals surface area contributed by atoms with Crippen molar-refractivity contribution in [2.24, 2.45) is 0 Å². The minimum absolute atomic E-state index is 0.161. The van der Waals surface area contributed by atoms with Crippen LogP contribution < -0.4 is 9.46 Å². The van der Waals surface area contributed by atoms with E-state index in [1.807, 2.05) is 62.5 Å². The SMILES string of the molecule is COc1ccc(C(C)(C)C)cc1S(=O)(=O)NCCc1nc(-c2ccccc2)cs1. The summed E-state index contributed by atoms with van der Waals surface area (Å²) in [4.78, 5) is 4.78. The molecule has 0 amide bonds. The van der Waals surface area contributed by atoms with E-state index >= 15 is 0 Å². The van der Waals surface area contributed by atoms with Gasteiger partial charge in [0.2, 0.25) is 10.0 Å². The molecule has 0 radical (unpaired) electrons. The molecule has 1 heterocycles. The number of hydrogen-bond acceptors (Lipinski definition) is 5. The molecule has 0 bridgehead atoms. The number of ether oxygens (including phenoxy) is 1. The zero-order chi connectivity index (χ0) is 21.1. The number of thiazole rings is 1. The standard InChI is InChI=1S/C22H26N2O3S2/c1-22(2,3)17-10-11-19(27-4)20(14-17)29(25,26)23-13-12-21-24-18(15-28-21)16-8-6-5-7-9-16/h5-11,14-15,23H,12-13H2,1-4H3. The minimum atomic E-state index is -3.70. The van der Waals surface area contributed by atoms with Crippen molar-refractivity contribution in [1.82, 2.24) is 9.71 Å². The van der Waals surface area contributed by atoms with Crippen LogP contribution in [0.1, 0.15) is 31.3 Å². The molecule has 0 fully saturated rings. The first-order chi connectivity index (χ1) is 13.7. The maximum Gasteiger partial charge on any atom is 0.244 e. The maximum absolute atomic E-state index is 12.9. The molecular weight excluding hydrogens is 404 g/mol. The molecule has 2 aromatic carbocycles. The summed E-state index contributed by atoms with van der Waals surface area (Å²) in [5, 5.41) is 2.89. The van der Waals surface area contributed by atoms with Crippen molar-refractivity contribution >= 4 is 21.4 Å². The average Bonchev–Trinajstić information content (AvgIpc) is 3.16. The molecule has 1 aromatic heterocycles. The van der Waals surface area contributed by atoms with Crippen LogP contribution in [-0.4, -0.2) is 27.1 Å². The van der Waals surface area contributed by atoms with Gasteiger partial charge in [-0.1, -0.05) is 57.2 Å². The van der Waals surface area contributed by atoms with Gasteiger partial charge in [0.25, 0.3) is 0 Å². The highest BCUT2D eigenvalue weighted by atomic mass is 32.2. The van der Waals surface area contributed by atoms with E-state index in [1.165, 1.54) is 18.4 Å². The summed E-state index contributed by atoms with van der Waals surface area (Å²) in [5.41, 5.74) is 2.74. The van der Waals surface area contributed by atoms with Crippen molar-refractivity contribution < 1.29 is 13.2 Å². The Bertz CT molecular complexity index is 1070. The second kappa shape index (κ2) is 8.65. The zero-order valence-electron chi connectivity index (χ0n) is 17.1. The summed E-state index contributed by atoms with van der Waals surface area (Å²) in [5.74, 6) is 0.339. The van der Waals surface area contributed by atoms with Gasteiger partial charge in [0.05, 0.1) is 17.8 Å². The lowest BCUT2D eigenvalue weighted by atomic mass is 9.87. The van der Waals surface area contributed by atoms with Gasteiger partial charge in [-0.2, -0.15) is 0 Å². The molecular formula is C22H26N2O3S2. The Balaban J connectivity index is 1.72. The van der Waals surface area contributed by atoms with Gasteiger partial charge in [-0.05, 0) is 23.1 Å². The molecule has 3 aromatic rings. The van der Waals surface area contributed by atoms with Crippen LogP contribution in [0.15, 0.2) is 58.8 Å². The molecule has 5 nitrogen and oxygen atoms in total. The van der Waals surface area contributed by atoms with Crippen LogP contribution in [0.25, 0.3) is 11.3 Å². The Hall–Kier alpha value is -2.22. The fraction of sp³-hybridized carbons (Fsp3) is 0.318. The number of aromatic nitrogens is 1. The molecule has 0 spiro atoms. The van der Waals surface area contributed by atoms with E-state index in [9.17, 15) is 8.42 Å². The van der Waals surface area contributed by atoms with Crippen molar-refractivity contribution in [2.45, 2.75) is 37.5 Å². The first-order valence-electron chi connectivity index (χ1n) is 9.39. The van der Waals surface area contributed by atoms with Crippen molar-refractivity contribution in [1.29, 1.82) is 0 Å². The second-order valence-electron chi connectivity index (χ2n) is 7.76. The summed E-state index contributed by atoms with van der Waals surface area (Å²) in [7, 11) is -2.22. The smallest absolute Gasteiger partial charge is 0.244 e. The third-order valence-corrected chi connectivity index (χ3v) is 6.96. The van der Waals surface area contributed by atoms with Gasteiger partial charge in [0, 0.05) is 23.9 Å². The first kappa shape index (κ1) is 21.5. The van der Waals surface area contributed by atoms with Crippen molar-refractivity contribution in [3.63, 3.8) is 0 Å². The first-order valence-corrected chi connectivity index (χ1v) is 11.7. The predicted molar refractivity (Wildman–Crippen MR) is 118 cm³/mol. The van der Waals surface area contributed by atoms with Crippen LogP contribution in [0.3, 0.4) is 0 Å². The summed E-state index contributed by atoms with van der Waals surface area (Å²) < 4.78 is 33.8. The summed E-state index contributed by atoms with van der Waals surface area (Å²) in [6, 6.07) is 15.2. The maximum atomic E-state index is 12.9. The number of nitrogens with zero attached hydrogens (tertiary/aromatic N) is 1. The van der Waals surface area contributed by atoms with Crippen LogP contribution in [-0.2, 0) is 21.9 Å². The molecule has 0 atom stereocenters. The molecule has 3 rings (SSSR count). The Kier molecular flexibility index (Phi) is 6.41. The van der Waals surface area contributed by atoms with Gasteiger partial charge in [-0.25, -0.2) is 18.1 Å². The topological polar surface area (TPSA) is 68.3 Å². The van der Waals surface area contributed by atoms with Gasteiger partial charge in [0.15, 0.2) is 0 Å². The van der Waals surface area contributed by atoms with E-state index in [0.717, 1.165) is 21.8 Å². The Morgan fingerprint density at radius 2 is 1.83 bits per heavy atom. The lowest BCUT2D eigenvalue weighted by Crippen LogP contribution is -2.27. The molecule has 0 saturated heterocycles. The number of hydrogen-bond donors (Lipinski definition) is 1. The average molecular weight is 431 g/mol. The Labute approximate surface area is 176 Å². The monoisotopic (exact) mass is 430 g/mol. The summed E-state index contributed by atoms with van der Waals surface area (Å²) >= 11 is 1.53. The Morgan fingerprint density at radius 3 is 2.48 bits per heavy atom. The number of rotatable bonds is 7. The molecule has 7 heteroatoms. The van der Waals surface area contributed by atoms with E-state index in [4.69, 9.17) is 4.74 Å². The highest BCUT2D eigenvalue weighted by Gasteiger charge is 2.23. The number of nitrogens with one attached hydrogen (secondary N) is 1. The van der Waals surface area contributed by atoms with E-state index in [2.05, 4.69) is 9.71 Å². The van der Waals surface area contributed by atoms with Crippen molar-refractivity contribution in [2.75, 3.05) is 13.7 Å². The molecule has 154 valence electrons. The normalized spacial score (nSPS) is 12.1. The van der Waals surface area contributed by atoms with E-state index in [-0.39, 0.29) is 16.9 Å². The second-order valence-corrected chi connectivity index (χ2v) is 10.4. The molecule has 29 heavy (non-hydrogen) atoms. The Morgan fingerprint density at radius 1 is 1.10 bits per heavy atom. The fourth-order valence-electron chi connectivity index (χ4n) is 2.89. The minimum Gasteiger partial charge on any atom is -0.495 e. The van der Waals surface area contributed by atoms with Crippen LogP contribution in [0, 0.1) is 0 Å². The lowest BCUT2D eigenvalue weighted by molar-refractivity contribution is 0.401. The van der Waals surface area contributed by atoms with Gasteiger partial charge in [0.1, 0.15) is 10.6 Å². The van der Waals surface area contributed by atoms with Crippen LogP contribution >= 0.6 is 11.3 Å². The largest absolute Gasteiger partial charge is 0.495 e. The van der Waals surface area contributed by atoms with Gasteiger partial charge in [-0.3, -0.25) is 0 Å². The van der Waals surface area contributed by atoms with Crippen molar-refractivity contribution in [3.8, 4) is 17.0 Å². The molecule has 1 N–H and O–H groups in total. The molecule has 0 aliphatic heterocycles. The highest BCUT2D eigenvalue weighted by Crippen LogP contribution is 2.30. The van der Waals surface area contributed by atoms with E-state index in [0.29, 0.717) is 12.2 Å². The number of sulfonamides is 1. The lowest BCUT2D eigenvalue weighted by Gasteiger charge is -2.21. The van der Waals surface area contributed by atoms with Gasteiger partial charge < -0.3 is 4.74 Å². The van der Waals surface area contributed by atoms with Crippen LogP contribution in [0.4, 0.5) is 0 Å². The highest BCUT2D eigenvalue weighted by molar-refractivity contribution is 7.89.